The van der Waals surface area contributed by atoms with Crippen LogP contribution in [0.4, 0.5) is 0 Å². The molecule has 0 aliphatic rings. The third-order valence-corrected chi connectivity index (χ3v) is 2.39. The van der Waals surface area contributed by atoms with Crippen LogP contribution in [-0.4, -0.2) is 35.9 Å². The topological polar surface area (TPSA) is 56.1 Å². The minimum Gasteiger partial charge on any atom is -0.382 e. The van der Waals surface area contributed by atoms with Gasteiger partial charge in [0.05, 0.1) is 11.2 Å². The first-order valence-electron chi connectivity index (χ1n) is 5.74. The number of ether oxygens (including phenoxy) is 1. The Hall–Kier alpha value is -0.910. The summed E-state index contributed by atoms with van der Waals surface area (Å²) in [6.45, 7) is 5.66. The van der Waals surface area contributed by atoms with Crippen LogP contribution in [0.1, 0.15) is 13.3 Å². The predicted molar refractivity (Wildman–Crippen MR) is 67.5 cm³/mol. The normalized spacial score (nSPS) is 10.7. The maximum Gasteiger partial charge on any atom is 0.347 e. The zero-order valence-corrected chi connectivity index (χ0v) is 10.7. The van der Waals surface area contributed by atoms with Gasteiger partial charge in [-0.05, 0) is 19.9 Å². The molecule has 0 aliphatic carbocycles. The summed E-state index contributed by atoms with van der Waals surface area (Å²) in [5.74, 6) is 0. The van der Waals surface area contributed by atoms with E-state index in [0.717, 1.165) is 26.2 Å². The Balaban J connectivity index is 2.18. The van der Waals surface area contributed by atoms with E-state index >= 15 is 0 Å². The Morgan fingerprint density at radius 3 is 3.12 bits per heavy atom. The fourth-order valence-corrected chi connectivity index (χ4v) is 1.52. The smallest absolute Gasteiger partial charge is 0.347 e. The Bertz CT molecular complexity index is 381. The van der Waals surface area contributed by atoms with Crippen LogP contribution in [0, 0.1) is 0 Å². The quantitative estimate of drug-likeness (QED) is 0.705. The third-order valence-electron chi connectivity index (χ3n) is 2.20. The second kappa shape index (κ2) is 8.22. The van der Waals surface area contributed by atoms with E-state index < -0.39 is 0 Å². The van der Waals surface area contributed by atoms with E-state index in [1.807, 2.05) is 6.92 Å². The van der Waals surface area contributed by atoms with Crippen molar-refractivity contribution in [3.05, 3.63) is 27.9 Å². The van der Waals surface area contributed by atoms with Crippen molar-refractivity contribution in [2.24, 2.45) is 0 Å². The molecule has 1 aromatic rings. The molecule has 0 saturated carbocycles. The molecule has 0 saturated heterocycles. The Morgan fingerprint density at radius 2 is 2.35 bits per heavy atom. The number of aromatic nitrogens is 2. The molecule has 1 heterocycles. The van der Waals surface area contributed by atoms with Crippen LogP contribution >= 0.6 is 11.6 Å². The van der Waals surface area contributed by atoms with E-state index in [0.29, 0.717) is 18.1 Å². The largest absolute Gasteiger partial charge is 0.382 e. The first-order chi connectivity index (χ1) is 8.24. The Labute approximate surface area is 106 Å². The van der Waals surface area contributed by atoms with Crippen molar-refractivity contribution in [3.63, 3.8) is 0 Å². The second-order valence-corrected chi connectivity index (χ2v) is 3.99. The first kappa shape index (κ1) is 14.2. The number of hydrogen-bond donors (Lipinski definition) is 1. The van der Waals surface area contributed by atoms with E-state index in [9.17, 15) is 4.79 Å². The van der Waals surface area contributed by atoms with E-state index in [-0.39, 0.29) is 5.69 Å². The van der Waals surface area contributed by atoms with Crippen molar-refractivity contribution in [3.8, 4) is 0 Å². The molecule has 0 unspecified atom stereocenters. The molecule has 1 aromatic heterocycles. The van der Waals surface area contributed by atoms with Gasteiger partial charge in [0.15, 0.2) is 0 Å². The summed E-state index contributed by atoms with van der Waals surface area (Å²) in [6.07, 6.45) is 3.92. The Kier molecular flexibility index (Phi) is 6.84. The van der Waals surface area contributed by atoms with Crippen molar-refractivity contribution in [1.82, 2.24) is 14.9 Å². The molecule has 5 nitrogen and oxygen atoms in total. The standard InChI is InChI=1S/C11H18ClN3O2/c1-2-17-7-3-4-13-5-6-15-9-10(12)8-14-11(15)16/h8-9,13H,2-7H2,1H3. The predicted octanol–water partition coefficient (Wildman–Crippen LogP) is 0.913. The molecule has 0 aromatic carbocycles. The number of nitrogens with zero attached hydrogens (tertiary/aromatic N) is 2. The number of rotatable bonds is 8. The van der Waals surface area contributed by atoms with E-state index in [1.165, 1.54) is 10.8 Å². The minimum absolute atomic E-state index is 0.273. The van der Waals surface area contributed by atoms with Crippen molar-refractivity contribution in [1.29, 1.82) is 0 Å². The maximum absolute atomic E-state index is 11.3. The summed E-state index contributed by atoms with van der Waals surface area (Å²) >= 11 is 5.75. The van der Waals surface area contributed by atoms with E-state index in [1.54, 1.807) is 6.20 Å². The van der Waals surface area contributed by atoms with Gasteiger partial charge >= 0.3 is 5.69 Å². The summed E-state index contributed by atoms with van der Waals surface area (Å²) in [4.78, 5) is 15.0. The van der Waals surface area contributed by atoms with Crippen LogP contribution in [0.25, 0.3) is 0 Å². The zero-order valence-electron chi connectivity index (χ0n) is 9.99. The van der Waals surface area contributed by atoms with Crippen molar-refractivity contribution in [2.75, 3.05) is 26.3 Å². The number of hydrogen-bond acceptors (Lipinski definition) is 4. The lowest BCUT2D eigenvalue weighted by molar-refractivity contribution is 0.145. The van der Waals surface area contributed by atoms with Gasteiger partial charge in [-0.1, -0.05) is 11.6 Å². The van der Waals surface area contributed by atoms with Gasteiger partial charge in [-0.2, -0.15) is 0 Å². The highest BCUT2D eigenvalue weighted by molar-refractivity contribution is 6.30. The molecule has 0 atom stereocenters. The highest BCUT2D eigenvalue weighted by Crippen LogP contribution is 2.00. The molecular formula is C11H18ClN3O2. The molecule has 96 valence electrons. The highest BCUT2D eigenvalue weighted by Gasteiger charge is 1.97. The Morgan fingerprint density at radius 1 is 1.53 bits per heavy atom. The fourth-order valence-electron chi connectivity index (χ4n) is 1.36. The van der Waals surface area contributed by atoms with Gasteiger partial charge in [-0.3, -0.25) is 4.57 Å². The van der Waals surface area contributed by atoms with Crippen molar-refractivity contribution >= 4 is 11.6 Å². The van der Waals surface area contributed by atoms with Gasteiger partial charge in [-0.25, -0.2) is 9.78 Å². The fraction of sp³-hybridized carbons (Fsp3) is 0.636. The molecule has 0 radical (unpaired) electrons. The average molecular weight is 260 g/mol. The van der Waals surface area contributed by atoms with Gasteiger partial charge in [0.25, 0.3) is 0 Å². The lowest BCUT2D eigenvalue weighted by Gasteiger charge is -2.07. The van der Waals surface area contributed by atoms with Gasteiger partial charge in [0.2, 0.25) is 0 Å². The zero-order chi connectivity index (χ0) is 12.5. The van der Waals surface area contributed by atoms with Crippen LogP contribution in [0.5, 0.6) is 0 Å². The molecule has 0 bridgehead atoms. The molecule has 0 aliphatic heterocycles. The second-order valence-electron chi connectivity index (χ2n) is 3.55. The van der Waals surface area contributed by atoms with E-state index in [2.05, 4.69) is 10.3 Å². The number of nitrogens with one attached hydrogen (secondary N) is 1. The van der Waals surface area contributed by atoms with Crippen molar-refractivity contribution in [2.45, 2.75) is 19.9 Å². The molecule has 1 rings (SSSR count). The minimum atomic E-state index is -0.273. The molecule has 6 heteroatoms. The maximum atomic E-state index is 11.3. The highest BCUT2D eigenvalue weighted by atomic mass is 35.5. The summed E-state index contributed by atoms with van der Waals surface area (Å²) < 4.78 is 6.71. The van der Waals surface area contributed by atoms with Gasteiger partial charge in [-0.15, -0.1) is 0 Å². The van der Waals surface area contributed by atoms with Gasteiger partial charge < -0.3 is 10.1 Å². The summed E-state index contributed by atoms with van der Waals surface area (Å²) in [5, 5.41) is 3.70. The summed E-state index contributed by atoms with van der Waals surface area (Å²) in [6, 6.07) is 0. The molecule has 1 N–H and O–H groups in total. The lowest BCUT2D eigenvalue weighted by atomic mass is 10.4. The van der Waals surface area contributed by atoms with Crippen LogP contribution in [0.15, 0.2) is 17.2 Å². The lowest BCUT2D eigenvalue weighted by Crippen LogP contribution is -2.28. The van der Waals surface area contributed by atoms with Gasteiger partial charge in [0.1, 0.15) is 0 Å². The SMILES string of the molecule is CCOCCCNCCn1cc(Cl)cnc1=O. The van der Waals surface area contributed by atoms with Crippen LogP contribution in [-0.2, 0) is 11.3 Å². The van der Waals surface area contributed by atoms with Crippen LogP contribution in [0.3, 0.4) is 0 Å². The average Bonchev–Trinajstić information content (AvgIpc) is 2.32. The summed E-state index contributed by atoms with van der Waals surface area (Å²) in [7, 11) is 0. The molecule has 17 heavy (non-hydrogen) atoms. The number of halogens is 1. The van der Waals surface area contributed by atoms with Crippen molar-refractivity contribution < 1.29 is 4.74 Å². The van der Waals surface area contributed by atoms with E-state index in [4.69, 9.17) is 16.3 Å². The monoisotopic (exact) mass is 259 g/mol. The van der Waals surface area contributed by atoms with Crippen LogP contribution < -0.4 is 11.0 Å². The third kappa shape index (κ3) is 5.81. The first-order valence-corrected chi connectivity index (χ1v) is 6.12. The van der Waals surface area contributed by atoms with Gasteiger partial charge in [0, 0.05) is 32.5 Å². The molecule has 0 amide bonds. The molecule has 0 fully saturated rings. The summed E-state index contributed by atoms with van der Waals surface area (Å²) in [5.41, 5.74) is -0.273. The van der Waals surface area contributed by atoms with Crippen LogP contribution in [0.2, 0.25) is 5.02 Å². The molecule has 0 spiro atoms. The molecular weight excluding hydrogens is 242 g/mol.